The Labute approximate surface area is 124 Å². The lowest BCUT2D eigenvalue weighted by atomic mass is 9.97. The lowest BCUT2D eigenvalue weighted by Crippen LogP contribution is -2.30. The molecule has 2 aromatic carbocycles. The van der Waals surface area contributed by atoms with E-state index in [4.69, 9.17) is 11.6 Å². The van der Waals surface area contributed by atoms with E-state index in [-0.39, 0.29) is 12.2 Å². The Morgan fingerprint density at radius 2 is 1.90 bits per heavy atom. The summed E-state index contributed by atoms with van der Waals surface area (Å²) in [6, 6.07) is 8.19. The Morgan fingerprint density at radius 3 is 2.60 bits per heavy atom. The number of benzene rings is 2. The highest BCUT2D eigenvalue weighted by atomic mass is 79.9. The van der Waals surface area contributed by atoms with E-state index in [0.717, 1.165) is 4.47 Å². The fourth-order valence-corrected chi connectivity index (χ4v) is 2.43. The van der Waals surface area contributed by atoms with Crippen LogP contribution in [0.15, 0.2) is 40.9 Å². The van der Waals surface area contributed by atoms with E-state index in [9.17, 15) is 8.78 Å². The maximum Gasteiger partial charge on any atom is 0.126 e. The number of nitrogen functional groups attached to an aromatic ring is 1. The van der Waals surface area contributed by atoms with E-state index in [1.807, 2.05) is 0 Å². The van der Waals surface area contributed by atoms with E-state index in [1.54, 1.807) is 12.1 Å². The van der Waals surface area contributed by atoms with Crippen LogP contribution in [0.25, 0.3) is 0 Å². The van der Waals surface area contributed by atoms with Gasteiger partial charge in [-0.25, -0.2) is 8.78 Å². The number of anilines is 1. The molecule has 0 aromatic heterocycles. The lowest BCUT2D eigenvalue weighted by molar-refractivity contribution is 0.526. The van der Waals surface area contributed by atoms with Crippen molar-refractivity contribution in [3.05, 3.63) is 63.6 Å². The Kier molecular flexibility index (Phi) is 4.69. The third-order valence-electron chi connectivity index (χ3n) is 3.06. The van der Waals surface area contributed by atoms with Crippen molar-refractivity contribution in [1.82, 2.24) is 5.43 Å². The van der Waals surface area contributed by atoms with Gasteiger partial charge in [-0.1, -0.05) is 15.9 Å². The molecule has 1 unspecified atom stereocenters. The summed E-state index contributed by atoms with van der Waals surface area (Å²) in [5.74, 6) is 4.74. The molecule has 20 heavy (non-hydrogen) atoms. The summed E-state index contributed by atoms with van der Waals surface area (Å²) in [7, 11) is 0. The molecule has 3 nitrogen and oxygen atoms in total. The van der Waals surface area contributed by atoms with Gasteiger partial charge in [-0.3, -0.25) is 11.3 Å². The molecule has 0 aliphatic heterocycles. The Morgan fingerprint density at radius 1 is 1.15 bits per heavy atom. The Balaban J connectivity index is 2.33. The first-order valence-electron chi connectivity index (χ1n) is 5.96. The second kappa shape index (κ2) is 6.30. The average Bonchev–Trinajstić information content (AvgIpc) is 2.42. The highest BCUT2D eigenvalue weighted by Crippen LogP contribution is 2.26. The molecule has 0 saturated carbocycles. The minimum absolute atomic E-state index is 0.259. The van der Waals surface area contributed by atoms with E-state index in [2.05, 4.69) is 21.4 Å². The van der Waals surface area contributed by atoms with Crippen LogP contribution in [0.2, 0.25) is 0 Å². The molecule has 6 heteroatoms. The van der Waals surface area contributed by atoms with Gasteiger partial charge in [0.15, 0.2) is 0 Å². The molecule has 1 atom stereocenters. The zero-order valence-corrected chi connectivity index (χ0v) is 12.1. The maximum absolute atomic E-state index is 13.8. The molecule has 0 aliphatic carbocycles. The van der Waals surface area contributed by atoms with Crippen molar-refractivity contribution in [1.29, 1.82) is 0 Å². The third-order valence-corrected chi connectivity index (χ3v) is 3.55. The van der Waals surface area contributed by atoms with Crippen LogP contribution in [0.4, 0.5) is 14.5 Å². The number of hydrogen-bond acceptors (Lipinski definition) is 3. The SMILES string of the molecule is NNC(Cc1cc(Br)ccc1F)c1cc(F)ccc1N. The van der Waals surface area contributed by atoms with Crippen molar-refractivity contribution in [2.75, 3.05) is 5.73 Å². The minimum Gasteiger partial charge on any atom is -0.398 e. The number of nitrogens with two attached hydrogens (primary N) is 2. The first-order chi connectivity index (χ1) is 9.51. The second-order valence-corrected chi connectivity index (χ2v) is 5.35. The molecule has 5 N–H and O–H groups in total. The monoisotopic (exact) mass is 341 g/mol. The van der Waals surface area contributed by atoms with Crippen LogP contribution in [-0.4, -0.2) is 0 Å². The predicted octanol–water partition coefficient (Wildman–Crippen LogP) is 3.06. The zero-order valence-electron chi connectivity index (χ0n) is 10.5. The smallest absolute Gasteiger partial charge is 0.126 e. The van der Waals surface area contributed by atoms with Crippen LogP contribution in [0.1, 0.15) is 17.2 Å². The molecule has 106 valence electrons. The van der Waals surface area contributed by atoms with Crippen LogP contribution in [-0.2, 0) is 6.42 Å². The number of hydrazine groups is 1. The van der Waals surface area contributed by atoms with Gasteiger partial charge in [-0.15, -0.1) is 0 Å². The highest BCUT2D eigenvalue weighted by Gasteiger charge is 2.16. The largest absolute Gasteiger partial charge is 0.398 e. The molecule has 0 saturated heterocycles. The Hall–Kier alpha value is -1.50. The van der Waals surface area contributed by atoms with Crippen molar-refractivity contribution in [3.8, 4) is 0 Å². The van der Waals surface area contributed by atoms with Crippen molar-refractivity contribution in [3.63, 3.8) is 0 Å². The summed E-state index contributed by atoms with van der Waals surface area (Å²) in [5.41, 5.74) is 9.75. The van der Waals surface area contributed by atoms with E-state index < -0.39 is 11.9 Å². The average molecular weight is 342 g/mol. The van der Waals surface area contributed by atoms with Gasteiger partial charge >= 0.3 is 0 Å². The number of nitrogens with one attached hydrogen (secondary N) is 1. The topological polar surface area (TPSA) is 64.1 Å². The molecule has 0 radical (unpaired) electrons. The first kappa shape index (κ1) is 14.9. The van der Waals surface area contributed by atoms with Gasteiger partial charge in [0, 0.05) is 10.2 Å². The Bertz CT molecular complexity index is 619. The van der Waals surface area contributed by atoms with Gasteiger partial charge < -0.3 is 5.73 Å². The quantitative estimate of drug-likeness (QED) is 0.455. The second-order valence-electron chi connectivity index (χ2n) is 4.43. The minimum atomic E-state index is -0.477. The maximum atomic E-state index is 13.8. The molecular weight excluding hydrogens is 328 g/mol. The van der Waals surface area contributed by atoms with Gasteiger partial charge in [-0.2, -0.15) is 0 Å². The van der Waals surface area contributed by atoms with Crippen LogP contribution >= 0.6 is 15.9 Å². The van der Waals surface area contributed by atoms with Crippen LogP contribution in [0.5, 0.6) is 0 Å². The molecule has 0 aliphatic rings. The van der Waals surface area contributed by atoms with Gasteiger partial charge in [0.1, 0.15) is 11.6 Å². The zero-order chi connectivity index (χ0) is 14.7. The van der Waals surface area contributed by atoms with Gasteiger partial charge in [0.25, 0.3) is 0 Å². The first-order valence-corrected chi connectivity index (χ1v) is 6.75. The number of rotatable bonds is 4. The molecule has 2 aromatic rings. The van der Waals surface area contributed by atoms with Gasteiger partial charge in [0.2, 0.25) is 0 Å². The molecule has 0 fully saturated rings. The predicted molar refractivity (Wildman–Crippen MR) is 78.7 cm³/mol. The fraction of sp³-hybridized carbons (Fsp3) is 0.143. The van der Waals surface area contributed by atoms with Crippen LogP contribution < -0.4 is 17.0 Å². The van der Waals surface area contributed by atoms with Gasteiger partial charge in [0.05, 0.1) is 6.04 Å². The van der Waals surface area contributed by atoms with Crippen LogP contribution in [0, 0.1) is 11.6 Å². The van der Waals surface area contributed by atoms with Crippen molar-refractivity contribution >= 4 is 21.6 Å². The standard InChI is InChI=1S/C14H14BrF2N3/c15-9-1-3-12(17)8(5-9)6-14(20-19)11-7-10(16)2-4-13(11)18/h1-5,7,14,20H,6,18-19H2. The lowest BCUT2D eigenvalue weighted by Gasteiger charge is -2.19. The third kappa shape index (κ3) is 3.33. The molecule has 0 spiro atoms. The number of halogens is 3. The summed E-state index contributed by atoms with van der Waals surface area (Å²) >= 11 is 3.29. The molecule has 0 amide bonds. The summed E-state index contributed by atoms with van der Waals surface area (Å²) in [4.78, 5) is 0. The van der Waals surface area contributed by atoms with Crippen molar-refractivity contribution < 1.29 is 8.78 Å². The van der Waals surface area contributed by atoms with Crippen LogP contribution in [0.3, 0.4) is 0 Å². The summed E-state index contributed by atoms with van der Waals surface area (Å²) in [6.45, 7) is 0. The van der Waals surface area contributed by atoms with Gasteiger partial charge in [-0.05, 0) is 53.9 Å². The number of hydrogen-bond donors (Lipinski definition) is 3. The highest BCUT2D eigenvalue weighted by molar-refractivity contribution is 9.10. The van der Waals surface area contributed by atoms with E-state index in [1.165, 1.54) is 24.3 Å². The van der Waals surface area contributed by atoms with Crippen molar-refractivity contribution in [2.24, 2.45) is 5.84 Å². The summed E-state index contributed by atoms with van der Waals surface area (Å²) < 4.78 is 27.8. The van der Waals surface area contributed by atoms with Crippen molar-refractivity contribution in [2.45, 2.75) is 12.5 Å². The fourth-order valence-electron chi connectivity index (χ4n) is 2.03. The van der Waals surface area contributed by atoms with E-state index in [0.29, 0.717) is 16.8 Å². The normalized spacial score (nSPS) is 12.4. The molecule has 2 rings (SSSR count). The summed E-state index contributed by atoms with van der Waals surface area (Å²) in [6.07, 6.45) is 0.259. The molecule has 0 bridgehead atoms. The molecule has 0 heterocycles. The van der Waals surface area contributed by atoms with E-state index >= 15 is 0 Å². The molecular formula is C14H14BrF2N3. The summed E-state index contributed by atoms with van der Waals surface area (Å²) in [5, 5.41) is 0.